The number of methoxy groups -OCH3 is 1. The van der Waals surface area contributed by atoms with Crippen molar-refractivity contribution >= 4 is 0 Å². The lowest BCUT2D eigenvalue weighted by Gasteiger charge is -2.66. The van der Waals surface area contributed by atoms with E-state index >= 15 is 0 Å². The molecular weight excluding hydrogens is 320 g/mol. The minimum Gasteiger partial charge on any atom is -0.393 e. The van der Waals surface area contributed by atoms with Gasteiger partial charge in [0.1, 0.15) is 0 Å². The number of ether oxygens (including phenoxy) is 1. The summed E-state index contributed by atoms with van der Waals surface area (Å²) >= 11 is 0. The fraction of sp³-hybridized carbons (Fsp3) is 1.00. The number of rotatable bonds is 2. The van der Waals surface area contributed by atoms with Crippen molar-refractivity contribution in [2.24, 2.45) is 39.4 Å². The van der Waals surface area contributed by atoms with Crippen LogP contribution in [0, 0.1) is 39.4 Å². The van der Waals surface area contributed by atoms with E-state index in [9.17, 15) is 5.11 Å². The number of aliphatic hydroxyl groups is 1. The molecule has 9 atom stereocenters. The zero-order chi connectivity index (χ0) is 19.0. The van der Waals surface area contributed by atoms with Gasteiger partial charge in [-0.2, -0.15) is 0 Å². The Morgan fingerprint density at radius 1 is 0.846 bits per heavy atom. The summed E-state index contributed by atoms with van der Waals surface area (Å²) in [5.41, 5.74) is 1.37. The summed E-state index contributed by atoms with van der Waals surface area (Å²) in [4.78, 5) is 0. The Labute approximate surface area is 161 Å². The summed E-state index contributed by atoms with van der Waals surface area (Å²) in [6.45, 7) is 12.2. The fourth-order valence-electron chi connectivity index (χ4n) is 8.78. The minimum absolute atomic E-state index is 0.109. The van der Waals surface area contributed by atoms with Crippen LogP contribution in [0.5, 0.6) is 0 Å². The molecule has 0 bridgehead atoms. The Balaban J connectivity index is 1.64. The van der Waals surface area contributed by atoms with Crippen LogP contribution in [0.4, 0.5) is 0 Å². The third-order valence-corrected chi connectivity index (χ3v) is 11.3. The molecule has 26 heavy (non-hydrogen) atoms. The van der Waals surface area contributed by atoms with Crippen LogP contribution in [0.3, 0.4) is 0 Å². The zero-order valence-corrected chi connectivity index (χ0v) is 18.1. The first-order valence-corrected chi connectivity index (χ1v) is 11.3. The van der Waals surface area contributed by atoms with E-state index in [1.165, 1.54) is 57.8 Å². The molecule has 2 heteroatoms. The van der Waals surface area contributed by atoms with Gasteiger partial charge in [0.15, 0.2) is 0 Å². The van der Waals surface area contributed by atoms with Crippen LogP contribution in [-0.2, 0) is 4.74 Å². The summed E-state index contributed by atoms with van der Waals surface area (Å²) in [7, 11) is 1.91. The summed E-state index contributed by atoms with van der Waals surface area (Å²) in [6, 6.07) is 0. The first-order chi connectivity index (χ1) is 12.1. The van der Waals surface area contributed by atoms with Gasteiger partial charge in [0.25, 0.3) is 0 Å². The van der Waals surface area contributed by atoms with Gasteiger partial charge in [-0.3, -0.25) is 0 Å². The van der Waals surface area contributed by atoms with Gasteiger partial charge < -0.3 is 9.84 Å². The van der Waals surface area contributed by atoms with E-state index in [0.717, 1.165) is 17.8 Å². The Morgan fingerprint density at radius 3 is 2.12 bits per heavy atom. The second-order valence-corrected chi connectivity index (χ2v) is 11.6. The highest BCUT2D eigenvalue weighted by molar-refractivity contribution is 5.15. The Bertz CT molecular complexity index is 558. The van der Waals surface area contributed by atoms with Gasteiger partial charge in [-0.1, -0.05) is 27.7 Å². The van der Waals surface area contributed by atoms with Crippen molar-refractivity contribution in [3.8, 4) is 0 Å². The van der Waals surface area contributed by atoms with Crippen molar-refractivity contribution in [1.29, 1.82) is 0 Å². The summed E-state index contributed by atoms with van der Waals surface area (Å²) < 4.78 is 5.80. The molecule has 0 aromatic carbocycles. The first-order valence-electron chi connectivity index (χ1n) is 11.3. The van der Waals surface area contributed by atoms with Crippen molar-refractivity contribution in [3.05, 3.63) is 0 Å². The maximum absolute atomic E-state index is 10.6. The van der Waals surface area contributed by atoms with E-state index in [0.29, 0.717) is 22.3 Å². The van der Waals surface area contributed by atoms with Gasteiger partial charge in [-0.15, -0.1) is 0 Å². The van der Waals surface area contributed by atoms with Gasteiger partial charge in [0.05, 0.1) is 12.2 Å². The van der Waals surface area contributed by atoms with Crippen LogP contribution in [0.25, 0.3) is 0 Å². The molecule has 0 aromatic rings. The molecule has 0 saturated heterocycles. The second-order valence-electron chi connectivity index (χ2n) is 11.6. The van der Waals surface area contributed by atoms with Crippen LogP contribution in [0.2, 0.25) is 0 Å². The standard InChI is InChI=1S/C24H42O2/c1-16(25)22(3)13-9-20-18-8-11-21(2)15-17(26-6)7-12-23(21,4)19(18)10-14-24(20,22)5/h16-20,25H,7-15H2,1-6H3/t16-,17+,18-,19+,20+,21+,22+,23+,24+/m0/s1. The van der Waals surface area contributed by atoms with E-state index in [1.54, 1.807) is 0 Å². The number of fused-ring (bicyclic) bond motifs is 5. The largest absolute Gasteiger partial charge is 0.393 e. The summed E-state index contributed by atoms with van der Waals surface area (Å²) in [6.07, 6.45) is 12.2. The van der Waals surface area contributed by atoms with Gasteiger partial charge >= 0.3 is 0 Å². The minimum atomic E-state index is -0.185. The monoisotopic (exact) mass is 362 g/mol. The predicted octanol–water partition coefficient (Wildman–Crippen LogP) is 5.82. The van der Waals surface area contributed by atoms with Crippen molar-refractivity contribution in [2.75, 3.05) is 7.11 Å². The highest BCUT2D eigenvalue weighted by Gasteiger charge is 2.66. The molecule has 0 heterocycles. The van der Waals surface area contributed by atoms with E-state index in [-0.39, 0.29) is 11.5 Å². The van der Waals surface area contributed by atoms with Crippen LogP contribution < -0.4 is 0 Å². The zero-order valence-electron chi connectivity index (χ0n) is 18.1. The average molecular weight is 363 g/mol. The van der Waals surface area contributed by atoms with Gasteiger partial charge in [0.2, 0.25) is 0 Å². The molecule has 0 spiro atoms. The number of hydrogen-bond donors (Lipinski definition) is 1. The molecule has 1 N–H and O–H groups in total. The molecule has 150 valence electrons. The maximum Gasteiger partial charge on any atom is 0.0577 e. The van der Waals surface area contributed by atoms with Crippen molar-refractivity contribution in [3.63, 3.8) is 0 Å². The van der Waals surface area contributed by atoms with E-state index < -0.39 is 0 Å². The van der Waals surface area contributed by atoms with E-state index in [2.05, 4.69) is 27.7 Å². The normalized spacial score (nSPS) is 57.8. The number of hydrogen-bond acceptors (Lipinski definition) is 2. The number of aliphatic hydroxyl groups excluding tert-OH is 1. The molecule has 4 fully saturated rings. The molecule has 0 aliphatic heterocycles. The predicted molar refractivity (Wildman–Crippen MR) is 107 cm³/mol. The van der Waals surface area contributed by atoms with E-state index in [1.807, 2.05) is 14.0 Å². The Morgan fingerprint density at radius 2 is 1.46 bits per heavy atom. The topological polar surface area (TPSA) is 29.5 Å². The van der Waals surface area contributed by atoms with E-state index in [4.69, 9.17) is 4.74 Å². The molecular formula is C24H42O2. The van der Waals surface area contributed by atoms with Crippen LogP contribution in [0.1, 0.15) is 92.4 Å². The fourth-order valence-corrected chi connectivity index (χ4v) is 8.78. The molecule has 4 aliphatic carbocycles. The van der Waals surface area contributed by atoms with Crippen molar-refractivity contribution < 1.29 is 9.84 Å². The van der Waals surface area contributed by atoms with Crippen molar-refractivity contribution in [1.82, 2.24) is 0 Å². The molecule has 0 aromatic heterocycles. The van der Waals surface area contributed by atoms with Crippen LogP contribution in [-0.4, -0.2) is 24.4 Å². The van der Waals surface area contributed by atoms with Crippen LogP contribution >= 0.6 is 0 Å². The summed E-state index contributed by atoms with van der Waals surface area (Å²) in [5.74, 6) is 2.59. The molecule has 0 amide bonds. The quantitative estimate of drug-likeness (QED) is 0.670. The Kier molecular flexibility index (Phi) is 4.41. The third-order valence-electron chi connectivity index (χ3n) is 11.3. The maximum atomic E-state index is 10.6. The molecule has 4 saturated carbocycles. The average Bonchev–Trinajstić information content (AvgIpc) is 2.88. The summed E-state index contributed by atoms with van der Waals surface area (Å²) in [5, 5.41) is 10.6. The first kappa shape index (κ1) is 19.2. The molecule has 0 unspecified atom stereocenters. The molecule has 2 nitrogen and oxygen atoms in total. The molecule has 4 rings (SSSR count). The highest BCUT2D eigenvalue weighted by atomic mass is 16.5. The second kappa shape index (κ2) is 5.96. The third kappa shape index (κ3) is 2.24. The molecule has 0 radical (unpaired) electrons. The van der Waals surface area contributed by atoms with Gasteiger partial charge in [-0.05, 0) is 104 Å². The lowest BCUT2D eigenvalue weighted by molar-refractivity contribution is -0.184. The smallest absolute Gasteiger partial charge is 0.0577 e. The van der Waals surface area contributed by atoms with Crippen molar-refractivity contribution in [2.45, 2.75) is 105 Å². The van der Waals surface area contributed by atoms with Gasteiger partial charge in [-0.25, -0.2) is 0 Å². The SMILES string of the molecule is CO[C@@H]1CC[C@]2(C)[C@@H]3CC[C@]4(C)[C@H](CC[C@]4(C)[C@H](C)O)[C@H]3CC[C@]2(C)C1. The van der Waals surface area contributed by atoms with Crippen LogP contribution in [0.15, 0.2) is 0 Å². The lowest BCUT2D eigenvalue weighted by Crippen LogP contribution is -2.59. The molecule has 4 aliphatic rings. The lowest BCUT2D eigenvalue weighted by atomic mass is 9.39. The Hall–Kier alpha value is -0.0800. The van der Waals surface area contributed by atoms with Gasteiger partial charge in [0, 0.05) is 7.11 Å². The highest BCUT2D eigenvalue weighted by Crippen LogP contribution is 2.73.